The highest BCUT2D eigenvalue weighted by Gasteiger charge is 2.44. The molecule has 3 unspecified atom stereocenters. The molecule has 5 heteroatoms. The number of rotatable bonds is 4. The van der Waals surface area contributed by atoms with Crippen molar-refractivity contribution in [2.45, 2.75) is 44.2 Å². The van der Waals surface area contributed by atoms with Gasteiger partial charge in [-0.25, -0.2) is 4.79 Å². The van der Waals surface area contributed by atoms with Crippen LogP contribution in [-0.4, -0.2) is 39.8 Å². The zero-order valence-electron chi connectivity index (χ0n) is 9.75. The van der Waals surface area contributed by atoms with Gasteiger partial charge in [0.1, 0.15) is 6.04 Å². The molecule has 5 nitrogen and oxygen atoms in total. The summed E-state index contributed by atoms with van der Waals surface area (Å²) in [5.74, 6) is -0.402. The van der Waals surface area contributed by atoms with Crippen molar-refractivity contribution in [2.75, 3.05) is 6.61 Å². The first-order chi connectivity index (χ1) is 8.19. The van der Waals surface area contributed by atoms with Gasteiger partial charge in [-0.05, 0) is 18.8 Å². The Morgan fingerprint density at radius 3 is 2.53 bits per heavy atom. The number of nitrogens with zero attached hydrogens (tertiary/aromatic N) is 2. The highest BCUT2D eigenvalue weighted by atomic mass is 16.4. The summed E-state index contributed by atoms with van der Waals surface area (Å²) in [5, 5.41) is 27.6. The number of nitriles is 1. The zero-order valence-corrected chi connectivity index (χ0v) is 9.75. The van der Waals surface area contributed by atoms with Crippen molar-refractivity contribution in [2.24, 2.45) is 11.8 Å². The highest BCUT2D eigenvalue weighted by Crippen LogP contribution is 2.40. The SMILES string of the molecule is N#CN1C(C(=O)O)CCC1C(CO)C1CCC1. The molecule has 1 heterocycles. The number of carbonyl (C=O) groups is 1. The fourth-order valence-electron chi connectivity index (χ4n) is 3.10. The van der Waals surface area contributed by atoms with Gasteiger partial charge in [0.05, 0.1) is 0 Å². The largest absolute Gasteiger partial charge is 0.480 e. The normalized spacial score (nSPS) is 30.7. The monoisotopic (exact) mass is 238 g/mol. The Balaban J connectivity index is 2.09. The number of aliphatic hydroxyl groups is 1. The lowest BCUT2D eigenvalue weighted by atomic mass is 9.72. The van der Waals surface area contributed by atoms with Crippen LogP contribution >= 0.6 is 0 Å². The second-order valence-corrected chi connectivity index (χ2v) is 5.04. The molecule has 2 rings (SSSR count). The summed E-state index contributed by atoms with van der Waals surface area (Å²) in [6.45, 7) is 0.0554. The average Bonchev–Trinajstić information content (AvgIpc) is 2.66. The Bertz CT molecular complexity index is 335. The second kappa shape index (κ2) is 4.92. The highest BCUT2D eigenvalue weighted by molar-refractivity contribution is 5.74. The maximum absolute atomic E-state index is 11.0. The van der Waals surface area contributed by atoms with Crippen molar-refractivity contribution in [1.82, 2.24) is 4.90 Å². The Kier molecular flexibility index (Phi) is 3.53. The third-order valence-corrected chi connectivity index (χ3v) is 4.29. The van der Waals surface area contributed by atoms with Crippen LogP contribution in [0.5, 0.6) is 0 Å². The summed E-state index contributed by atoms with van der Waals surface area (Å²) in [7, 11) is 0. The number of carboxylic acids is 1. The smallest absolute Gasteiger partial charge is 0.327 e. The van der Waals surface area contributed by atoms with Gasteiger partial charge in [-0.1, -0.05) is 19.3 Å². The first-order valence-electron chi connectivity index (χ1n) is 6.20. The molecular weight excluding hydrogens is 220 g/mol. The Morgan fingerprint density at radius 1 is 1.41 bits per heavy atom. The van der Waals surface area contributed by atoms with E-state index in [0.717, 1.165) is 12.8 Å². The van der Waals surface area contributed by atoms with Crippen LogP contribution in [-0.2, 0) is 4.79 Å². The minimum Gasteiger partial charge on any atom is -0.480 e. The predicted molar refractivity (Wildman–Crippen MR) is 59.8 cm³/mol. The van der Waals surface area contributed by atoms with Crippen LogP contribution in [0.3, 0.4) is 0 Å². The standard InChI is InChI=1S/C12H18N2O3/c13-7-14-10(4-5-11(14)12(16)17)9(6-15)8-2-1-3-8/h8-11,15H,1-6H2,(H,16,17). The van der Waals surface area contributed by atoms with Crippen LogP contribution in [0.15, 0.2) is 0 Å². The molecule has 94 valence electrons. The molecule has 0 aromatic rings. The van der Waals surface area contributed by atoms with Crippen LogP contribution < -0.4 is 0 Å². The van der Waals surface area contributed by atoms with Crippen molar-refractivity contribution in [3.8, 4) is 6.19 Å². The van der Waals surface area contributed by atoms with E-state index in [-0.39, 0.29) is 18.6 Å². The van der Waals surface area contributed by atoms with Gasteiger partial charge < -0.3 is 10.2 Å². The summed E-state index contributed by atoms with van der Waals surface area (Å²) in [4.78, 5) is 12.4. The molecule has 1 saturated heterocycles. The van der Waals surface area contributed by atoms with E-state index in [2.05, 4.69) is 0 Å². The third kappa shape index (κ3) is 2.09. The maximum atomic E-state index is 11.0. The number of aliphatic carboxylic acids is 1. The van der Waals surface area contributed by atoms with Crippen LogP contribution in [0.2, 0.25) is 0 Å². The van der Waals surface area contributed by atoms with Crippen molar-refractivity contribution < 1.29 is 15.0 Å². The lowest BCUT2D eigenvalue weighted by Gasteiger charge is -2.38. The Morgan fingerprint density at radius 2 is 2.12 bits per heavy atom. The minimum atomic E-state index is -0.931. The molecule has 2 fully saturated rings. The average molecular weight is 238 g/mol. The Labute approximate surface area is 101 Å². The molecule has 0 amide bonds. The molecule has 0 radical (unpaired) electrons. The summed E-state index contributed by atoms with van der Waals surface area (Å²) < 4.78 is 0. The zero-order chi connectivity index (χ0) is 12.4. The number of hydrogen-bond acceptors (Lipinski definition) is 4. The fraction of sp³-hybridized carbons (Fsp3) is 0.833. The maximum Gasteiger partial charge on any atom is 0.327 e. The van der Waals surface area contributed by atoms with Crippen LogP contribution in [0.4, 0.5) is 0 Å². The molecular formula is C12H18N2O3. The molecule has 0 aromatic heterocycles. The molecule has 3 atom stereocenters. The third-order valence-electron chi connectivity index (χ3n) is 4.29. The fourth-order valence-corrected chi connectivity index (χ4v) is 3.10. The molecule has 0 aromatic carbocycles. The van der Waals surface area contributed by atoms with E-state index in [1.807, 2.05) is 6.19 Å². The molecule has 1 saturated carbocycles. The number of aliphatic hydroxyl groups excluding tert-OH is 1. The Hall–Kier alpha value is -1.28. The predicted octanol–water partition coefficient (Wildman–Crippen LogP) is 0.794. The van der Waals surface area contributed by atoms with Crippen molar-refractivity contribution in [3.63, 3.8) is 0 Å². The molecule has 17 heavy (non-hydrogen) atoms. The molecule has 1 aliphatic carbocycles. The molecule has 0 bridgehead atoms. The van der Waals surface area contributed by atoms with E-state index in [1.54, 1.807) is 0 Å². The summed E-state index contributed by atoms with van der Waals surface area (Å²) >= 11 is 0. The summed E-state index contributed by atoms with van der Waals surface area (Å²) in [6, 6.07) is -0.782. The van der Waals surface area contributed by atoms with E-state index in [9.17, 15) is 9.90 Å². The first-order valence-corrected chi connectivity index (χ1v) is 6.20. The van der Waals surface area contributed by atoms with E-state index in [4.69, 9.17) is 10.4 Å². The molecule has 2 N–H and O–H groups in total. The number of carboxylic acid groups (broad SMARTS) is 1. The van der Waals surface area contributed by atoms with Gasteiger partial charge in [0, 0.05) is 18.6 Å². The van der Waals surface area contributed by atoms with Crippen molar-refractivity contribution in [3.05, 3.63) is 0 Å². The molecule has 0 spiro atoms. The summed E-state index contributed by atoms with van der Waals surface area (Å²) in [6.07, 6.45) is 6.59. The van der Waals surface area contributed by atoms with Gasteiger partial charge in [0.25, 0.3) is 0 Å². The van der Waals surface area contributed by atoms with E-state index in [1.165, 1.54) is 11.3 Å². The van der Waals surface area contributed by atoms with Gasteiger partial charge in [-0.2, -0.15) is 5.26 Å². The lowest BCUT2D eigenvalue weighted by Crippen LogP contribution is -2.45. The van der Waals surface area contributed by atoms with E-state index < -0.39 is 12.0 Å². The number of likely N-dealkylation sites (tertiary alicyclic amines) is 1. The van der Waals surface area contributed by atoms with Gasteiger partial charge in [0.15, 0.2) is 6.19 Å². The van der Waals surface area contributed by atoms with Crippen molar-refractivity contribution in [1.29, 1.82) is 5.26 Å². The first kappa shape index (κ1) is 12.2. The van der Waals surface area contributed by atoms with Crippen LogP contribution in [0.25, 0.3) is 0 Å². The van der Waals surface area contributed by atoms with Crippen molar-refractivity contribution >= 4 is 5.97 Å². The molecule has 1 aliphatic heterocycles. The van der Waals surface area contributed by atoms with Gasteiger partial charge >= 0.3 is 5.97 Å². The van der Waals surface area contributed by atoms with E-state index >= 15 is 0 Å². The van der Waals surface area contributed by atoms with Gasteiger partial charge in [-0.3, -0.25) is 4.90 Å². The van der Waals surface area contributed by atoms with E-state index in [0.29, 0.717) is 18.8 Å². The molecule has 2 aliphatic rings. The topological polar surface area (TPSA) is 84.6 Å². The lowest BCUT2D eigenvalue weighted by molar-refractivity contribution is -0.141. The second-order valence-electron chi connectivity index (χ2n) is 5.04. The quantitative estimate of drug-likeness (QED) is 0.707. The minimum absolute atomic E-state index is 0.0554. The van der Waals surface area contributed by atoms with Crippen LogP contribution in [0, 0.1) is 23.3 Å². The summed E-state index contributed by atoms with van der Waals surface area (Å²) in [5.41, 5.74) is 0. The van der Waals surface area contributed by atoms with Crippen LogP contribution in [0.1, 0.15) is 32.1 Å². The van der Waals surface area contributed by atoms with Gasteiger partial charge in [-0.15, -0.1) is 0 Å². The number of hydrogen-bond donors (Lipinski definition) is 2. The van der Waals surface area contributed by atoms with Gasteiger partial charge in [0.2, 0.25) is 0 Å².